The van der Waals surface area contributed by atoms with Gasteiger partial charge in [-0.3, -0.25) is 14.5 Å². The number of rotatable bonds is 9. The second-order valence-corrected chi connectivity index (χ2v) is 7.61. The molecule has 2 amide bonds. The lowest BCUT2D eigenvalue weighted by atomic mass is 10.1. The summed E-state index contributed by atoms with van der Waals surface area (Å²) in [7, 11) is 0. The van der Waals surface area contributed by atoms with Crippen LogP contribution in [0.4, 0.5) is 10.1 Å². The lowest BCUT2D eigenvalue weighted by Gasteiger charge is -2.26. The molecular weight excluding hydrogens is 397 g/mol. The second-order valence-electron chi connectivity index (χ2n) is 7.61. The van der Waals surface area contributed by atoms with Crippen molar-refractivity contribution in [3.63, 3.8) is 0 Å². The number of anilines is 1. The van der Waals surface area contributed by atoms with Crippen molar-refractivity contribution in [1.82, 2.24) is 10.2 Å². The van der Waals surface area contributed by atoms with Crippen LogP contribution in [0.15, 0.2) is 48.5 Å². The fourth-order valence-electron chi connectivity index (χ4n) is 3.55. The molecule has 0 atom stereocenters. The number of benzene rings is 2. The quantitative estimate of drug-likeness (QED) is 0.669. The lowest BCUT2D eigenvalue weighted by Crippen LogP contribution is -2.41. The first-order valence-electron chi connectivity index (χ1n) is 10.8. The molecule has 0 saturated carbocycles. The number of morpholine rings is 1. The van der Waals surface area contributed by atoms with Gasteiger partial charge in [-0.1, -0.05) is 31.2 Å². The second kappa shape index (κ2) is 11.6. The highest BCUT2D eigenvalue weighted by Gasteiger charge is 2.16. The predicted octanol–water partition coefficient (Wildman–Crippen LogP) is 2.76. The number of carbonyl (C=O) groups is 2. The topological polar surface area (TPSA) is 61.9 Å². The molecule has 6 nitrogen and oxygen atoms in total. The van der Waals surface area contributed by atoms with Gasteiger partial charge in [0.1, 0.15) is 5.82 Å². The summed E-state index contributed by atoms with van der Waals surface area (Å²) in [6.07, 6.45) is 0.606. The normalized spacial score (nSPS) is 14.3. The zero-order chi connectivity index (χ0) is 22.1. The van der Waals surface area contributed by atoms with Crippen LogP contribution >= 0.6 is 0 Å². The van der Waals surface area contributed by atoms with Crippen molar-refractivity contribution in [3.8, 4) is 0 Å². The molecule has 0 spiro atoms. The summed E-state index contributed by atoms with van der Waals surface area (Å²) >= 11 is 0. The molecular formula is C24H30FN3O3. The first-order valence-corrected chi connectivity index (χ1v) is 10.8. The Hall–Kier alpha value is -2.77. The Kier molecular flexibility index (Phi) is 8.55. The molecule has 1 N–H and O–H groups in total. The van der Waals surface area contributed by atoms with Crippen molar-refractivity contribution in [2.24, 2.45) is 0 Å². The smallest absolute Gasteiger partial charge is 0.227 e. The van der Waals surface area contributed by atoms with E-state index in [-0.39, 0.29) is 24.1 Å². The molecule has 31 heavy (non-hydrogen) atoms. The molecule has 2 aromatic carbocycles. The molecule has 166 valence electrons. The molecule has 2 aromatic rings. The van der Waals surface area contributed by atoms with Crippen LogP contribution in [0.2, 0.25) is 0 Å². The van der Waals surface area contributed by atoms with E-state index in [1.807, 2.05) is 31.2 Å². The molecule has 1 aliphatic heterocycles. The number of carbonyl (C=O) groups excluding carboxylic acids is 2. The van der Waals surface area contributed by atoms with Crippen LogP contribution in [0.5, 0.6) is 0 Å². The number of ether oxygens (including phenoxy) is 1. The molecule has 1 aliphatic rings. The van der Waals surface area contributed by atoms with Crippen LogP contribution in [0.1, 0.15) is 24.5 Å². The minimum Gasteiger partial charge on any atom is -0.379 e. The molecule has 0 bridgehead atoms. The summed E-state index contributed by atoms with van der Waals surface area (Å²) in [5, 5.41) is 2.97. The number of amides is 2. The SMILES string of the molecule is CCC(=O)N(Cc1ccc(F)cc1)c1cccc(CC(=O)NCCN2CCOCC2)c1. The van der Waals surface area contributed by atoms with Crippen LogP contribution in [0, 0.1) is 5.82 Å². The molecule has 0 unspecified atom stereocenters. The molecule has 0 aromatic heterocycles. The third-order valence-corrected chi connectivity index (χ3v) is 5.30. The summed E-state index contributed by atoms with van der Waals surface area (Å²) in [5.74, 6) is -0.382. The van der Waals surface area contributed by atoms with Gasteiger partial charge in [0.25, 0.3) is 0 Å². The fraction of sp³-hybridized carbons (Fsp3) is 0.417. The Morgan fingerprint density at radius 2 is 1.84 bits per heavy atom. The Morgan fingerprint density at radius 3 is 2.55 bits per heavy atom. The van der Waals surface area contributed by atoms with E-state index < -0.39 is 0 Å². The first-order chi connectivity index (χ1) is 15.0. The first kappa shape index (κ1) is 22.9. The van der Waals surface area contributed by atoms with Gasteiger partial charge in [0, 0.05) is 38.3 Å². The van der Waals surface area contributed by atoms with Crippen LogP contribution in [-0.2, 0) is 27.3 Å². The minimum absolute atomic E-state index is 0.0311. The summed E-state index contributed by atoms with van der Waals surface area (Å²) in [4.78, 5) is 28.9. The summed E-state index contributed by atoms with van der Waals surface area (Å²) in [6.45, 7) is 6.85. The van der Waals surface area contributed by atoms with Gasteiger partial charge < -0.3 is 15.0 Å². The van der Waals surface area contributed by atoms with Crippen molar-refractivity contribution in [2.45, 2.75) is 26.3 Å². The Labute approximate surface area is 183 Å². The maximum Gasteiger partial charge on any atom is 0.227 e. The predicted molar refractivity (Wildman–Crippen MR) is 118 cm³/mol. The average molecular weight is 428 g/mol. The Bertz CT molecular complexity index is 867. The highest BCUT2D eigenvalue weighted by molar-refractivity contribution is 5.93. The van der Waals surface area contributed by atoms with E-state index in [1.165, 1.54) is 12.1 Å². The molecule has 0 radical (unpaired) electrons. The van der Waals surface area contributed by atoms with Crippen molar-refractivity contribution in [3.05, 3.63) is 65.5 Å². The van der Waals surface area contributed by atoms with Gasteiger partial charge in [-0.2, -0.15) is 0 Å². The Balaban J connectivity index is 1.60. The van der Waals surface area contributed by atoms with Gasteiger partial charge in [-0.15, -0.1) is 0 Å². The van der Waals surface area contributed by atoms with E-state index in [0.717, 1.165) is 49.7 Å². The standard InChI is InChI=1S/C24H30FN3O3/c1-2-24(30)28(18-19-6-8-21(25)9-7-19)22-5-3-4-20(16-22)17-23(29)26-10-11-27-12-14-31-15-13-27/h3-9,16H,2,10-15,17-18H2,1H3,(H,26,29). The molecule has 1 saturated heterocycles. The lowest BCUT2D eigenvalue weighted by molar-refractivity contribution is -0.120. The largest absolute Gasteiger partial charge is 0.379 e. The third kappa shape index (κ3) is 7.15. The minimum atomic E-state index is -0.307. The maximum atomic E-state index is 13.2. The molecule has 3 rings (SSSR count). The summed E-state index contributed by atoms with van der Waals surface area (Å²) < 4.78 is 18.5. The number of nitrogens with one attached hydrogen (secondary N) is 1. The molecule has 0 aliphatic carbocycles. The van der Waals surface area contributed by atoms with Gasteiger partial charge in [0.15, 0.2) is 0 Å². The molecule has 7 heteroatoms. The highest BCUT2D eigenvalue weighted by Crippen LogP contribution is 2.21. The van der Waals surface area contributed by atoms with Crippen LogP contribution in [0.3, 0.4) is 0 Å². The van der Waals surface area contributed by atoms with E-state index in [4.69, 9.17) is 4.74 Å². The van der Waals surface area contributed by atoms with Crippen molar-refractivity contribution >= 4 is 17.5 Å². The van der Waals surface area contributed by atoms with Gasteiger partial charge in [0.2, 0.25) is 11.8 Å². The van der Waals surface area contributed by atoms with Crippen LogP contribution < -0.4 is 10.2 Å². The fourth-order valence-corrected chi connectivity index (χ4v) is 3.55. The summed E-state index contributed by atoms with van der Waals surface area (Å²) in [6, 6.07) is 13.6. The van der Waals surface area contributed by atoms with E-state index in [0.29, 0.717) is 19.5 Å². The van der Waals surface area contributed by atoms with E-state index in [1.54, 1.807) is 17.0 Å². The van der Waals surface area contributed by atoms with Crippen molar-refractivity contribution < 1.29 is 18.7 Å². The Morgan fingerprint density at radius 1 is 1.10 bits per heavy atom. The number of halogens is 1. The number of nitrogens with zero attached hydrogens (tertiary/aromatic N) is 2. The average Bonchev–Trinajstić information content (AvgIpc) is 2.79. The van der Waals surface area contributed by atoms with Gasteiger partial charge in [-0.05, 0) is 35.4 Å². The maximum absolute atomic E-state index is 13.2. The van der Waals surface area contributed by atoms with Gasteiger partial charge in [-0.25, -0.2) is 4.39 Å². The molecule has 1 fully saturated rings. The highest BCUT2D eigenvalue weighted by atomic mass is 19.1. The molecule has 1 heterocycles. The monoisotopic (exact) mass is 427 g/mol. The van der Waals surface area contributed by atoms with Crippen LogP contribution in [-0.4, -0.2) is 56.1 Å². The van der Waals surface area contributed by atoms with Crippen LogP contribution in [0.25, 0.3) is 0 Å². The van der Waals surface area contributed by atoms with Gasteiger partial charge >= 0.3 is 0 Å². The van der Waals surface area contributed by atoms with E-state index in [2.05, 4.69) is 10.2 Å². The third-order valence-electron chi connectivity index (χ3n) is 5.30. The number of hydrogen-bond donors (Lipinski definition) is 1. The van der Waals surface area contributed by atoms with Gasteiger partial charge in [0.05, 0.1) is 26.2 Å². The number of hydrogen-bond acceptors (Lipinski definition) is 4. The zero-order valence-corrected chi connectivity index (χ0v) is 18.0. The zero-order valence-electron chi connectivity index (χ0n) is 18.0. The van der Waals surface area contributed by atoms with Crippen molar-refractivity contribution in [1.29, 1.82) is 0 Å². The van der Waals surface area contributed by atoms with E-state index >= 15 is 0 Å². The van der Waals surface area contributed by atoms with E-state index in [9.17, 15) is 14.0 Å². The summed E-state index contributed by atoms with van der Waals surface area (Å²) in [5.41, 5.74) is 2.42. The van der Waals surface area contributed by atoms with Crippen molar-refractivity contribution in [2.75, 3.05) is 44.3 Å².